The van der Waals surface area contributed by atoms with Crippen LogP contribution in [-0.4, -0.2) is 42.6 Å². The van der Waals surface area contributed by atoms with Crippen molar-refractivity contribution in [3.8, 4) is 5.75 Å². The normalized spacial score (nSPS) is 17.8. The van der Waals surface area contributed by atoms with E-state index in [0.29, 0.717) is 6.54 Å². The Hall–Kier alpha value is -1.10. The molecule has 1 fully saturated rings. The Morgan fingerprint density at radius 3 is 2.45 bits per heavy atom. The fourth-order valence-electron chi connectivity index (χ4n) is 2.34. The van der Waals surface area contributed by atoms with Gasteiger partial charge in [-0.25, -0.2) is 0 Å². The van der Waals surface area contributed by atoms with E-state index in [1.807, 2.05) is 26.0 Å². The van der Waals surface area contributed by atoms with E-state index >= 15 is 0 Å². The highest BCUT2D eigenvalue weighted by Crippen LogP contribution is 2.44. The van der Waals surface area contributed by atoms with Crippen molar-refractivity contribution in [3.63, 3.8) is 0 Å². The molecule has 2 rings (SSSR count). The molecule has 1 aromatic rings. The summed E-state index contributed by atoms with van der Waals surface area (Å²) in [5.41, 5.74) is 2.39. The average molecular weight is 279 g/mol. The van der Waals surface area contributed by atoms with E-state index in [1.165, 1.54) is 0 Å². The number of aliphatic hydroxyl groups is 2. The van der Waals surface area contributed by atoms with Gasteiger partial charge < -0.3 is 20.3 Å². The second-order valence-electron chi connectivity index (χ2n) is 6.08. The molecule has 0 amide bonds. The zero-order valence-corrected chi connectivity index (χ0v) is 12.4. The van der Waals surface area contributed by atoms with Gasteiger partial charge in [0.2, 0.25) is 0 Å². The smallest absolute Gasteiger partial charge is 0.119 e. The fraction of sp³-hybridized carbons (Fsp3) is 0.625. The van der Waals surface area contributed by atoms with Crippen molar-refractivity contribution in [1.29, 1.82) is 0 Å². The second kappa shape index (κ2) is 6.57. The van der Waals surface area contributed by atoms with Gasteiger partial charge in [-0.1, -0.05) is 6.07 Å². The summed E-state index contributed by atoms with van der Waals surface area (Å²) in [6, 6.07) is 6.03. The van der Waals surface area contributed by atoms with Crippen molar-refractivity contribution in [3.05, 3.63) is 29.3 Å². The number of nitrogens with one attached hydrogen (secondary N) is 1. The number of hydrogen-bond donors (Lipinski definition) is 3. The summed E-state index contributed by atoms with van der Waals surface area (Å²) in [6.45, 7) is 5.83. The van der Waals surface area contributed by atoms with Gasteiger partial charge in [-0.05, 0) is 49.9 Å². The number of aliphatic hydroxyl groups excluding tert-OH is 2. The molecule has 1 saturated carbocycles. The largest absolute Gasteiger partial charge is 0.491 e. The summed E-state index contributed by atoms with van der Waals surface area (Å²) >= 11 is 0. The molecule has 4 heteroatoms. The zero-order valence-electron chi connectivity index (χ0n) is 12.4. The van der Waals surface area contributed by atoms with Crippen LogP contribution in [-0.2, 0) is 0 Å². The summed E-state index contributed by atoms with van der Waals surface area (Å²) in [6.07, 6.45) is 1.61. The Morgan fingerprint density at radius 1 is 1.25 bits per heavy atom. The molecular formula is C16H25NO3. The molecule has 0 heterocycles. The zero-order chi connectivity index (χ0) is 14.6. The predicted molar refractivity (Wildman–Crippen MR) is 79.0 cm³/mol. The molecule has 1 aliphatic carbocycles. The minimum Gasteiger partial charge on any atom is -0.491 e. The Labute approximate surface area is 120 Å². The first kappa shape index (κ1) is 15.3. The highest BCUT2D eigenvalue weighted by atomic mass is 16.5. The van der Waals surface area contributed by atoms with Crippen molar-refractivity contribution >= 4 is 0 Å². The van der Waals surface area contributed by atoms with Crippen molar-refractivity contribution < 1.29 is 14.9 Å². The molecule has 112 valence electrons. The monoisotopic (exact) mass is 279 g/mol. The Bertz CT molecular complexity index is 423. The Kier molecular flexibility index (Phi) is 5.02. The van der Waals surface area contributed by atoms with Crippen LogP contribution in [0.2, 0.25) is 0 Å². The number of rotatable bonds is 8. The first-order chi connectivity index (χ1) is 9.53. The van der Waals surface area contributed by atoms with Gasteiger partial charge in [-0.3, -0.25) is 0 Å². The van der Waals surface area contributed by atoms with E-state index in [9.17, 15) is 10.2 Å². The highest BCUT2D eigenvalue weighted by molar-refractivity contribution is 5.32. The van der Waals surface area contributed by atoms with Gasteiger partial charge in [-0.2, -0.15) is 0 Å². The van der Waals surface area contributed by atoms with Crippen LogP contribution in [0.5, 0.6) is 5.75 Å². The molecule has 1 atom stereocenters. The van der Waals surface area contributed by atoms with Crippen molar-refractivity contribution in [2.24, 2.45) is 5.41 Å². The van der Waals surface area contributed by atoms with Crippen LogP contribution in [0.15, 0.2) is 18.2 Å². The number of aryl methyl sites for hydroxylation is 2. The van der Waals surface area contributed by atoms with Gasteiger partial charge in [0.25, 0.3) is 0 Å². The van der Waals surface area contributed by atoms with E-state index < -0.39 is 6.10 Å². The Morgan fingerprint density at radius 2 is 1.90 bits per heavy atom. The first-order valence-corrected chi connectivity index (χ1v) is 7.24. The maximum atomic E-state index is 9.89. The molecule has 4 nitrogen and oxygen atoms in total. The summed E-state index contributed by atoms with van der Waals surface area (Å²) in [5, 5.41) is 22.3. The topological polar surface area (TPSA) is 61.7 Å². The SMILES string of the molecule is Cc1cc(C)cc(OCC(O)CNCC2(CO)CC2)c1. The van der Waals surface area contributed by atoms with E-state index in [1.54, 1.807) is 0 Å². The van der Waals surface area contributed by atoms with Crippen LogP contribution in [0, 0.1) is 19.3 Å². The molecule has 0 radical (unpaired) electrons. The fourth-order valence-corrected chi connectivity index (χ4v) is 2.34. The lowest BCUT2D eigenvalue weighted by Crippen LogP contribution is -2.35. The molecule has 0 bridgehead atoms. The highest BCUT2D eigenvalue weighted by Gasteiger charge is 2.41. The molecule has 0 aliphatic heterocycles. The van der Waals surface area contributed by atoms with Crippen LogP contribution >= 0.6 is 0 Å². The number of hydrogen-bond acceptors (Lipinski definition) is 4. The van der Waals surface area contributed by atoms with Crippen LogP contribution in [0.3, 0.4) is 0 Å². The Balaban J connectivity index is 1.68. The van der Waals surface area contributed by atoms with E-state index in [-0.39, 0.29) is 18.6 Å². The molecular weight excluding hydrogens is 254 g/mol. The molecule has 0 spiro atoms. The molecule has 20 heavy (non-hydrogen) atoms. The van der Waals surface area contributed by atoms with E-state index in [0.717, 1.165) is 36.3 Å². The van der Waals surface area contributed by atoms with Crippen LogP contribution in [0.1, 0.15) is 24.0 Å². The predicted octanol–water partition coefficient (Wildman–Crippen LogP) is 1.41. The van der Waals surface area contributed by atoms with Crippen LogP contribution < -0.4 is 10.1 Å². The minimum atomic E-state index is -0.537. The lowest BCUT2D eigenvalue weighted by atomic mass is 10.1. The van der Waals surface area contributed by atoms with Gasteiger partial charge in [0.15, 0.2) is 0 Å². The van der Waals surface area contributed by atoms with Crippen LogP contribution in [0.25, 0.3) is 0 Å². The lowest BCUT2D eigenvalue weighted by molar-refractivity contribution is 0.103. The number of benzene rings is 1. The summed E-state index contributed by atoms with van der Waals surface area (Å²) in [7, 11) is 0. The quantitative estimate of drug-likeness (QED) is 0.673. The maximum Gasteiger partial charge on any atom is 0.119 e. The minimum absolute atomic E-state index is 0.0776. The standard InChI is InChI=1S/C16H25NO3/c1-12-5-13(2)7-15(6-12)20-9-14(19)8-17-10-16(11-18)3-4-16/h5-7,14,17-19H,3-4,8-11H2,1-2H3. The third kappa shape index (κ3) is 4.47. The molecule has 3 N–H and O–H groups in total. The summed E-state index contributed by atoms with van der Waals surface area (Å²) in [5.74, 6) is 0.801. The summed E-state index contributed by atoms with van der Waals surface area (Å²) < 4.78 is 5.61. The van der Waals surface area contributed by atoms with Gasteiger partial charge in [0.05, 0.1) is 0 Å². The third-order valence-corrected chi connectivity index (χ3v) is 3.81. The van der Waals surface area contributed by atoms with Crippen molar-refractivity contribution in [2.45, 2.75) is 32.8 Å². The summed E-state index contributed by atoms with van der Waals surface area (Å²) in [4.78, 5) is 0. The van der Waals surface area contributed by atoms with E-state index in [2.05, 4.69) is 11.4 Å². The van der Waals surface area contributed by atoms with Crippen molar-refractivity contribution in [1.82, 2.24) is 5.32 Å². The molecule has 0 saturated heterocycles. The van der Waals surface area contributed by atoms with Gasteiger partial charge in [-0.15, -0.1) is 0 Å². The van der Waals surface area contributed by atoms with Gasteiger partial charge >= 0.3 is 0 Å². The van der Waals surface area contributed by atoms with E-state index in [4.69, 9.17) is 4.74 Å². The van der Waals surface area contributed by atoms with Crippen LogP contribution in [0.4, 0.5) is 0 Å². The molecule has 1 unspecified atom stereocenters. The lowest BCUT2D eigenvalue weighted by Gasteiger charge is -2.16. The molecule has 1 aromatic carbocycles. The second-order valence-corrected chi connectivity index (χ2v) is 6.08. The average Bonchev–Trinajstić information content (AvgIpc) is 3.16. The third-order valence-electron chi connectivity index (χ3n) is 3.81. The number of ether oxygens (including phenoxy) is 1. The van der Waals surface area contributed by atoms with Gasteiger partial charge in [0.1, 0.15) is 18.5 Å². The molecule has 1 aliphatic rings. The first-order valence-electron chi connectivity index (χ1n) is 7.24. The molecule has 0 aromatic heterocycles. The maximum absolute atomic E-state index is 9.89. The van der Waals surface area contributed by atoms with Gasteiger partial charge in [0, 0.05) is 25.1 Å². The van der Waals surface area contributed by atoms with Crippen molar-refractivity contribution in [2.75, 3.05) is 26.3 Å².